The van der Waals surface area contributed by atoms with Crippen molar-refractivity contribution in [3.63, 3.8) is 0 Å². The molecule has 6 heteroatoms. The van der Waals surface area contributed by atoms with Crippen LogP contribution in [0, 0.1) is 0 Å². The predicted molar refractivity (Wildman–Crippen MR) is 128 cm³/mol. The minimum absolute atomic E-state index is 0.455. The highest BCUT2D eigenvalue weighted by Gasteiger charge is 2.08. The van der Waals surface area contributed by atoms with Gasteiger partial charge in [-0.25, -0.2) is 0 Å². The normalized spacial score (nSPS) is 15.5. The number of unbranched alkanes of at least 4 members (excludes halogenated alkanes) is 1. The molecule has 0 spiro atoms. The fourth-order valence-electron chi connectivity index (χ4n) is 3.41. The molecule has 0 unspecified atom stereocenters. The van der Waals surface area contributed by atoms with Crippen LogP contribution in [0.15, 0.2) is 64.8 Å². The Kier molecular flexibility index (Phi) is 9.76. The number of amidine groups is 1. The van der Waals surface area contributed by atoms with Crippen molar-refractivity contribution in [2.45, 2.75) is 37.9 Å². The summed E-state index contributed by atoms with van der Waals surface area (Å²) in [6.07, 6.45) is 8.07. The van der Waals surface area contributed by atoms with Crippen molar-refractivity contribution in [1.29, 1.82) is 0 Å². The van der Waals surface area contributed by atoms with Crippen LogP contribution in [-0.4, -0.2) is 42.5 Å². The smallest absolute Gasteiger partial charge is 0.180 e. The largest absolute Gasteiger partial charge is 0.494 e. The Labute approximate surface area is 184 Å². The summed E-state index contributed by atoms with van der Waals surface area (Å²) in [6.45, 7) is 4.47. The molecule has 1 saturated heterocycles. The molecule has 0 atom stereocenters. The first-order valence-corrected chi connectivity index (χ1v) is 11.8. The SMILES string of the molecule is NC(=NN=Cc1cccc(OCCCCN2CCCCC2)c1)SCc1ccccc1. The highest BCUT2D eigenvalue weighted by Crippen LogP contribution is 2.14. The summed E-state index contributed by atoms with van der Waals surface area (Å²) in [5, 5.41) is 8.64. The van der Waals surface area contributed by atoms with Crippen molar-refractivity contribution in [2.24, 2.45) is 15.9 Å². The third-order valence-corrected chi connectivity index (χ3v) is 5.89. The number of ether oxygens (including phenoxy) is 1. The minimum Gasteiger partial charge on any atom is -0.494 e. The number of hydrogen-bond acceptors (Lipinski definition) is 5. The van der Waals surface area contributed by atoms with E-state index in [9.17, 15) is 0 Å². The van der Waals surface area contributed by atoms with Crippen molar-refractivity contribution in [1.82, 2.24) is 4.90 Å². The molecule has 0 aromatic heterocycles. The maximum Gasteiger partial charge on any atom is 0.180 e. The van der Waals surface area contributed by atoms with Crippen molar-refractivity contribution in [3.05, 3.63) is 65.7 Å². The number of benzene rings is 2. The summed E-state index contributed by atoms with van der Waals surface area (Å²) in [5.74, 6) is 1.65. The van der Waals surface area contributed by atoms with Crippen LogP contribution in [0.4, 0.5) is 0 Å². The van der Waals surface area contributed by atoms with Crippen molar-refractivity contribution in [2.75, 3.05) is 26.2 Å². The highest BCUT2D eigenvalue weighted by atomic mass is 32.2. The molecular formula is C24H32N4OS. The summed E-state index contributed by atoms with van der Waals surface area (Å²) in [7, 11) is 0. The number of nitrogens with two attached hydrogens (primary N) is 1. The molecule has 1 fully saturated rings. The van der Waals surface area contributed by atoms with Gasteiger partial charge in [0.2, 0.25) is 0 Å². The summed E-state index contributed by atoms with van der Waals surface area (Å²) in [5.41, 5.74) is 8.10. The molecule has 2 aromatic rings. The first kappa shape index (κ1) is 22.4. The Morgan fingerprint density at radius 2 is 1.87 bits per heavy atom. The number of likely N-dealkylation sites (tertiary alicyclic amines) is 1. The van der Waals surface area contributed by atoms with Gasteiger partial charge in [0.1, 0.15) is 5.75 Å². The summed E-state index contributed by atoms with van der Waals surface area (Å²) < 4.78 is 5.91. The molecule has 2 aromatic carbocycles. The summed E-state index contributed by atoms with van der Waals surface area (Å²) in [4.78, 5) is 2.57. The molecule has 0 aliphatic carbocycles. The van der Waals surface area contributed by atoms with Crippen LogP contribution < -0.4 is 10.5 Å². The van der Waals surface area contributed by atoms with Gasteiger partial charge >= 0.3 is 0 Å². The second-order valence-electron chi connectivity index (χ2n) is 7.49. The molecule has 0 saturated carbocycles. The molecule has 1 aliphatic heterocycles. The molecule has 0 amide bonds. The van der Waals surface area contributed by atoms with Gasteiger partial charge in [-0.05, 0) is 68.6 Å². The van der Waals surface area contributed by atoms with E-state index in [4.69, 9.17) is 10.5 Å². The zero-order valence-electron chi connectivity index (χ0n) is 17.6. The summed E-state index contributed by atoms with van der Waals surface area (Å²) >= 11 is 1.48. The van der Waals surface area contributed by atoms with Gasteiger partial charge in [0.15, 0.2) is 5.17 Å². The maximum atomic E-state index is 5.93. The zero-order chi connectivity index (χ0) is 20.9. The monoisotopic (exact) mass is 424 g/mol. The van der Waals surface area contributed by atoms with E-state index in [-0.39, 0.29) is 0 Å². The number of rotatable bonds is 10. The van der Waals surface area contributed by atoms with E-state index in [1.165, 1.54) is 62.6 Å². The van der Waals surface area contributed by atoms with Gasteiger partial charge in [-0.2, -0.15) is 5.10 Å². The zero-order valence-corrected chi connectivity index (χ0v) is 18.4. The van der Waals surface area contributed by atoms with Gasteiger partial charge in [0, 0.05) is 5.75 Å². The molecule has 3 rings (SSSR count). The predicted octanol–water partition coefficient (Wildman–Crippen LogP) is 4.91. The first-order valence-electron chi connectivity index (χ1n) is 10.8. The second kappa shape index (κ2) is 13.1. The minimum atomic E-state index is 0.455. The average Bonchev–Trinajstić information content (AvgIpc) is 2.79. The maximum absolute atomic E-state index is 5.93. The lowest BCUT2D eigenvalue weighted by molar-refractivity contribution is 0.216. The molecule has 0 bridgehead atoms. The lowest BCUT2D eigenvalue weighted by atomic mass is 10.1. The third kappa shape index (κ3) is 8.59. The Hall–Kier alpha value is -2.31. The van der Waals surface area contributed by atoms with E-state index in [1.807, 2.05) is 42.5 Å². The Balaban J connectivity index is 1.36. The quantitative estimate of drug-likeness (QED) is 0.255. The Bertz CT molecular complexity index is 804. The molecular weight excluding hydrogens is 392 g/mol. The van der Waals surface area contributed by atoms with Crippen LogP contribution in [0.1, 0.15) is 43.2 Å². The van der Waals surface area contributed by atoms with Crippen LogP contribution >= 0.6 is 11.8 Å². The third-order valence-electron chi connectivity index (χ3n) is 5.04. The van der Waals surface area contributed by atoms with Crippen LogP contribution in [0.2, 0.25) is 0 Å². The molecule has 1 aliphatic rings. The molecule has 160 valence electrons. The van der Waals surface area contributed by atoms with Crippen molar-refractivity contribution >= 4 is 23.1 Å². The van der Waals surface area contributed by atoms with E-state index >= 15 is 0 Å². The molecule has 1 heterocycles. The highest BCUT2D eigenvalue weighted by molar-refractivity contribution is 8.13. The lowest BCUT2D eigenvalue weighted by Crippen LogP contribution is -2.30. The van der Waals surface area contributed by atoms with E-state index < -0.39 is 0 Å². The standard InChI is InChI=1S/C24H32N4OS/c25-24(30-20-21-10-3-1-4-11-21)27-26-19-22-12-9-13-23(18-22)29-17-8-7-16-28-14-5-2-6-15-28/h1,3-4,9-13,18-19H,2,5-8,14-17,20H2,(H2,25,27). The van der Waals surface area contributed by atoms with Gasteiger partial charge in [0.05, 0.1) is 12.8 Å². The Morgan fingerprint density at radius 3 is 2.70 bits per heavy atom. The van der Waals surface area contributed by atoms with E-state index in [0.29, 0.717) is 5.17 Å². The molecule has 5 nitrogen and oxygen atoms in total. The van der Waals surface area contributed by atoms with Crippen LogP contribution in [-0.2, 0) is 5.75 Å². The van der Waals surface area contributed by atoms with Crippen molar-refractivity contribution in [3.8, 4) is 5.75 Å². The fourth-order valence-corrected chi connectivity index (χ4v) is 4.02. The van der Waals surface area contributed by atoms with Gasteiger partial charge in [-0.1, -0.05) is 60.6 Å². The Morgan fingerprint density at radius 1 is 1.03 bits per heavy atom. The second-order valence-corrected chi connectivity index (χ2v) is 8.48. The number of hydrogen-bond donors (Lipinski definition) is 1. The van der Waals surface area contributed by atoms with Gasteiger partial charge in [-0.3, -0.25) is 0 Å². The van der Waals surface area contributed by atoms with Crippen molar-refractivity contribution < 1.29 is 4.74 Å². The van der Waals surface area contributed by atoms with Gasteiger partial charge < -0.3 is 15.4 Å². The topological polar surface area (TPSA) is 63.2 Å². The number of thioether (sulfide) groups is 1. The van der Waals surface area contributed by atoms with Crippen LogP contribution in [0.3, 0.4) is 0 Å². The summed E-state index contributed by atoms with van der Waals surface area (Å²) in [6, 6.07) is 18.1. The van der Waals surface area contributed by atoms with Gasteiger partial charge in [0.25, 0.3) is 0 Å². The van der Waals surface area contributed by atoms with Crippen LogP contribution in [0.5, 0.6) is 5.75 Å². The molecule has 2 N–H and O–H groups in total. The molecule has 0 radical (unpaired) electrons. The van der Waals surface area contributed by atoms with E-state index in [2.05, 4.69) is 27.2 Å². The van der Waals surface area contributed by atoms with E-state index in [0.717, 1.165) is 30.1 Å². The lowest BCUT2D eigenvalue weighted by Gasteiger charge is -2.26. The molecule has 30 heavy (non-hydrogen) atoms. The number of piperidine rings is 1. The first-order chi connectivity index (χ1) is 14.8. The number of nitrogens with zero attached hydrogens (tertiary/aromatic N) is 3. The van der Waals surface area contributed by atoms with Gasteiger partial charge in [-0.15, -0.1) is 5.10 Å². The fraction of sp³-hybridized carbons (Fsp3) is 0.417. The van der Waals surface area contributed by atoms with Crippen LogP contribution in [0.25, 0.3) is 0 Å². The average molecular weight is 425 g/mol. The van der Waals surface area contributed by atoms with E-state index in [1.54, 1.807) is 6.21 Å².